The van der Waals surface area contributed by atoms with E-state index < -0.39 is 0 Å². The summed E-state index contributed by atoms with van der Waals surface area (Å²) in [6.07, 6.45) is 0.966. The van der Waals surface area contributed by atoms with Gasteiger partial charge in [-0.05, 0) is 25.0 Å². The first-order valence-electron chi connectivity index (χ1n) is 5.99. The lowest BCUT2D eigenvalue weighted by molar-refractivity contribution is 0.551. The molecule has 3 rings (SSSR count). The SMILES string of the molecule is Cc1c(C2CC(N)NN2)c2ccccc2n1C. The van der Waals surface area contributed by atoms with Crippen molar-refractivity contribution in [3.8, 4) is 0 Å². The third kappa shape index (κ3) is 1.57. The van der Waals surface area contributed by atoms with Crippen LogP contribution in [0, 0.1) is 6.92 Å². The van der Waals surface area contributed by atoms with Gasteiger partial charge in [0.05, 0.1) is 12.2 Å². The number of fused-ring (bicyclic) bond motifs is 1. The summed E-state index contributed by atoms with van der Waals surface area (Å²) in [5.41, 5.74) is 16.2. The van der Waals surface area contributed by atoms with Crippen LogP contribution in [0.25, 0.3) is 10.9 Å². The Morgan fingerprint density at radius 2 is 2.06 bits per heavy atom. The maximum atomic E-state index is 5.88. The van der Waals surface area contributed by atoms with Gasteiger partial charge in [0.15, 0.2) is 0 Å². The van der Waals surface area contributed by atoms with Gasteiger partial charge in [0.1, 0.15) is 0 Å². The molecular weight excluding hydrogens is 212 g/mol. The first kappa shape index (κ1) is 10.8. The summed E-state index contributed by atoms with van der Waals surface area (Å²) < 4.78 is 2.25. The normalized spacial score (nSPS) is 24.6. The molecular formula is C13H18N4. The van der Waals surface area contributed by atoms with E-state index in [-0.39, 0.29) is 6.17 Å². The molecule has 2 atom stereocenters. The van der Waals surface area contributed by atoms with Crippen LogP contribution in [0.3, 0.4) is 0 Å². The molecule has 1 aliphatic heterocycles. The summed E-state index contributed by atoms with van der Waals surface area (Å²) in [7, 11) is 2.11. The number of rotatable bonds is 1. The Morgan fingerprint density at radius 1 is 1.29 bits per heavy atom. The van der Waals surface area contributed by atoms with Crippen molar-refractivity contribution in [3.05, 3.63) is 35.5 Å². The highest BCUT2D eigenvalue weighted by Gasteiger charge is 2.26. The molecule has 90 valence electrons. The highest BCUT2D eigenvalue weighted by molar-refractivity contribution is 5.86. The Bertz CT molecular complexity index is 558. The maximum absolute atomic E-state index is 5.88. The van der Waals surface area contributed by atoms with Gasteiger partial charge in [-0.15, -0.1) is 0 Å². The molecule has 17 heavy (non-hydrogen) atoms. The Balaban J connectivity index is 2.18. The van der Waals surface area contributed by atoms with Crippen molar-refractivity contribution in [2.24, 2.45) is 12.8 Å². The molecule has 0 radical (unpaired) electrons. The number of nitrogens with one attached hydrogen (secondary N) is 2. The largest absolute Gasteiger partial charge is 0.348 e. The van der Waals surface area contributed by atoms with Crippen molar-refractivity contribution < 1.29 is 0 Å². The maximum Gasteiger partial charge on any atom is 0.0698 e. The highest BCUT2D eigenvalue weighted by atomic mass is 15.4. The zero-order valence-corrected chi connectivity index (χ0v) is 10.2. The first-order valence-corrected chi connectivity index (χ1v) is 5.99. The molecule has 1 fully saturated rings. The summed E-state index contributed by atoms with van der Waals surface area (Å²) in [5, 5.41) is 1.32. The third-order valence-electron chi connectivity index (χ3n) is 3.73. The first-order chi connectivity index (χ1) is 8.18. The van der Waals surface area contributed by atoms with Crippen LogP contribution >= 0.6 is 0 Å². The molecule has 1 aromatic heterocycles. The van der Waals surface area contributed by atoms with Gasteiger partial charge < -0.3 is 10.3 Å². The minimum Gasteiger partial charge on any atom is -0.348 e. The third-order valence-corrected chi connectivity index (χ3v) is 3.73. The second-order valence-corrected chi connectivity index (χ2v) is 4.76. The number of hydrogen-bond acceptors (Lipinski definition) is 3. The van der Waals surface area contributed by atoms with Crippen molar-refractivity contribution in [2.45, 2.75) is 25.6 Å². The van der Waals surface area contributed by atoms with Gasteiger partial charge in [-0.1, -0.05) is 18.2 Å². The zero-order valence-electron chi connectivity index (χ0n) is 10.2. The van der Waals surface area contributed by atoms with Crippen molar-refractivity contribution in [3.63, 3.8) is 0 Å². The summed E-state index contributed by atoms with van der Waals surface area (Å²) in [4.78, 5) is 0. The average molecular weight is 230 g/mol. The zero-order chi connectivity index (χ0) is 12.0. The molecule has 4 nitrogen and oxygen atoms in total. The van der Waals surface area contributed by atoms with Crippen LogP contribution in [-0.2, 0) is 7.05 Å². The van der Waals surface area contributed by atoms with Crippen molar-refractivity contribution in [1.82, 2.24) is 15.4 Å². The fraction of sp³-hybridized carbons (Fsp3) is 0.385. The molecule has 4 heteroatoms. The van der Waals surface area contributed by atoms with Crippen LogP contribution in [0.4, 0.5) is 0 Å². The van der Waals surface area contributed by atoms with Gasteiger partial charge in [0, 0.05) is 23.6 Å². The number of aryl methyl sites for hydroxylation is 1. The molecule has 0 saturated carbocycles. The fourth-order valence-corrected chi connectivity index (χ4v) is 2.76. The van der Waals surface area contributed by atoms with E-state index in [1.54, 1.807) is 0 Å². The van der Waals surface area contributed by atoms with Crippen molar-refractivity contribution >= 4 is 10.9 Å². The molecule has 1 saturated heterocycles. The van der Waals surface area contributed by atoms with E-state index in [0.29, 0.717) is 6.04 Å². The number of benzene rings is 1. The van der Waals surface area contributed by atoms with E-state index in [1.807, 2.05) is 0 Å². The van der Waals surface area contributed by atoms with Crippen LogP contribution in [0.1, 0.15) is 23.7 Å². The topological polar surface area (TPSA) is 55.0 Å². The number of aromatic nitrogens is 1. The van der Waals surface area contributed by atoms with E-state index in [4.69, 9.17) is 5.73 Å². The minimum absolute atomic E-state index is 0.0402. The Labute approximate surface area is 101 Å². The predicted octanol–water partition coefficient (Wildman–Crippen LogP) is 1.31. The van der Waals surface area contributed by atoms with E-state index in [0.717, 1.165) is 6.42 Å². The monoisotopic (exact) mass is 230 g/mol. The second kappa shape index (κ2) is 3.84. The molecule has 0 spiro atoms. The van der Waals surface area contributed by atoms with Gasteiger partial charge in [-0.2, -0.15) is 0 Å². The molecule has 4 N–H and O–H groups in total. The van der Waals surface area contributed by atoms with E-state index in [9.17, 15) is 0 Å². The summed E-state index contributed by atoms with van der Waals surface area (Å²) in [5.74, 6) is 0. The van der Waals surface area contributed by atoms with Crippen molar-refractivity contribution in [2.75, 3.05) is 0 Å². The average Bonchev–Trinajstić information content (AvgIpc) is 2.84. The standard InChI is InChI=1S/C13H18N4/c1-8-13(10-7-12(14)16-15-10)9-5-3-4-6-11(9)17(8)2/h3-6,10,12,15-16H,7,14H2,1-2H3. The molecule has 1 aromatic carbocycles. The van der Waals surface area contributed by atoms with Gasteiger partial charge in [-0.25, -0.2) is 10.9 Å². The second-order valence-electron chi connectivity index (χ2n) is 4.76. The van der Waals surface area contributed by atoms with Gasteiger partial charge in [0.2, 0.25) is 0 Å². The van der Waals surface area contributed by atoms with E-state index >= 15 is 0 Å². The molecule has 0 aliphatic carbocycles. The molecule has 0 amide bonds. The molecule has 2 heterocycles. The number of para-hydroxylation sites is 1. The lowest BCUT2D eigenvalue weighted by Gasteiger charge is -2.10. The van der Waals surface area contributed by atoms with Crippen LogP contribution in [-0.4, -0.2) is 10.7 Å². The smallest absolute Gasteiger partial charge is 0.0698 e. The number of nitrogens with two attached hydrogens (primary N) is 1. The van der Waals surface area contributed by atoms with Crippen LogP contribution < -0.4 is 16.6 Å². The quantitative estimate of drug-likeness (QED) is 0.692. The Kier molecular flexibility index (Phi) is 2.43. The molecule has 2 unspecified atom stereocenters. The number of hydrogen-bond donors (Lipinski definition) is 3. The number of nitrogens with zero attached hydrogens (tertiary/aromatic N) is 1. The summed E-state index contributed by atoms with van der Waals surface area (Å²) >= 11 is 0. The number of hydrazine groups is 1. The fourth-order valence-electron chi connectivity index (χ4n) is 2.76. The molecule has 0 bridgehead atoms. The van der Waals surface area contributed by atoms with Gasteiger partial charge >= 0.3 is 0 Å². The lowest BCUT2D eigenvalue weighted by Crippen LogP contribution is -2.36. The molecule has 1 aliphatic rings. The van der Waals surface area contributed by atoms with Gasteiger partial charge in [0.25, 0.3) is 0 Å². The predicted molar refractivity (Wildman–Crippen MR) is 69.3 cm³/mol. The highest BCUT2D eigenvalue weighted by Crippen LogP contribution is 2.32. The summed E-state index contributed by atoms with van der Waals surface area (Å²) in [6.45, 7) is 2.17. The summed E-state index contributed by atoms with van der Waals surface area (Å²) in [6, 6.07) is 8.82. The molecule has 2 aromatic rings. The Hall–Kier alpha value is -1.36. The van der Waals surface area contributed by atoms with Gasteiger partial charge in [-0.3, -0.25) is 0 Å². The van der Waals surface area contributed by atoms with E-state index in [1.165, 1.54) is 22.2 Å². The Morgan fingerprint density at radius 3 is 2.76 bits per heavy atom. The van der Waals surface area contributed by atoms with Crippen molar-refractivity contribution in [1.29, 1.82) is 0 Å². The van der Waals surface area contributed by atoms with Crippen LogP contribution in [0.2, 0.25) is 0 Å². The minimum atomic E-state index is 0.0402. The van der Waals surface area contributed by atoms with Crippen LogP contribution in [0.15, 0.2) is 24.3 Å². The van der Waals surface area contributed by atoms with E-state index in [2.05, 4.69) is 53.7 Å². The van der Waals surface area contributed by atoms with Crippen LogP contribution in [0.5, 0.6) is 0 Å². The lowest BCUT2D eigenvalue weighted by atomic mass is 10.0.